The highest BCUT2D eigenvalue weighted by atomic mass is 16.5. The smallest absolute Gasteiger partial charge is 0.312 e. The molecule has 0 heterocycles. The van der Waals surface area contributed by atoms with E-state index in [1.807, 2.05) is 6.92 Å². The SMILES string of the molecule is COC(=O)C12CCC(C)C(C)(O)C1C1=CCC3C4(C)CCC(O)C(C)(C)C4CCC3(C)C1(C)CC2. The zero-order valence-electron chi connectivity index (χ0n) is 23.5. The molecule has 0 saturated heterocycles. The minimum Gasteiger partial charge on any atom is -0.469 e. The van der Waals surface area contributed by atoms with Crippen molar-refractivity contribution >= 4 is 5.97 Å². The third-order valence-electron chi connectivity index (χ3n) is 13.6. The van der Waals surface area contributed by atoms with Gasteiger partial charge in [0.15, 0.2) is 0 Å². The second-order valence-corrected chi connectivity index (χ2v) is 14.9. The van der Waals surface area contributed by atoms with E-state index >= 15 is 0 Å². The number of ether oxygens (including phenoxy) is 1. The van der Waals surface area contributed by atoms with Gasteiger partial charge in [-0.25, -0.2) is 0 Å². The Kier molecular flexibility index (Phi) is 5.59. The monoisotopic (exact) mass is 486 g/mol. The van der Waals surface area contributed by atoms with Crippen molar-refractivity contribution in [3.05, 3.63) is 11.6 Å². The molecule has 0 aromatic heterocycles. The molecule has 4 nitrogen and oxygen atoms in total. The van der Waals surface area contributed by atoms with Gasteiger partial charge in [0.05, 0.1) is 24.2 Å². The Bertz CT molecular complexity index is 934. The topological polar surface area (TPSA) is 66.8 Å². The summed E-state index contributed by atoms with van der Waals surface area (Å²) >= 11 is 0. The Morgan fingerprint density at radius 1 is 0.943 bits per heavy atom. The van der Waals surface area contributed by atoms with Crippen molar-refractivity contribution < 1.29 is 19.7 Å². The average molecular weight is 487 g/mol. The third kappa shape index (κ3) is 2.96. The number of hydrogen-bond acceptors (Lipinski definition) is 4. The second kappa shape index (κ2) is 7.59. The molecule has 2 N–H and O–H groups in total. The first-order valence-corrected chi connectivity index (χ1v) is 14.3. The van der Waals surface area contributed by atoms with Crippen LogP contribution in [0.4, 0.5) is 0 Å². The van der Waals surface area contributed by atoms with E-state index in [9.17, 15) is 15.0 Å². The van der Waals surface area contributed by atoms with Crippen LogP contribution in [-0.2, 0) is 9.53 Å². The van der Waals surface area contributed by atoms with E-state index in [4.69, 9.17) is 4.74 Å². The predicted molar refractivity (Wildman–Crippen MR) is 138 cm³/mol. The lowest BCUT2D eigenvalue weighted by Crippen LogP contribution is -2.67. The number of carbonyl (C=O) groups is 1. The highest BCUT2D eigenvalue weighted by molar-refractivity contribution is 5.79. The minimum absolute atomic E-state index is 0.0483. The molecule has 35 heavy (non-hydrogen) atoms. The van der Waals surface area contributed by atoms with Gasteiger partial charge in [0.1, 0.15) is 0 Å². The van der Waals surface area contributed by atoms with Crippen LogP contribution in [0.2, 0.25) is 0 Å². The molecule has 5 rings (SSSR count). The van der Waals surface area contributed by atoms with E-state index in [1.54, 1.807) is 0 Å². The summed E-state index contributed by atoms with van der Waals surface area (Å²) in [6, 6.07) is 0. The van der Waals surface area contributed by atoms with Crippen LogP contribution in [0.1, 0.15) is 106 Å². The molecule has 5 aliphatic rings. The van der Waals surface area contributed by atoms with Crippen LogP contribution in [0.25, 0.3) is 0 Å². The van der Waals surface area contributed by atoms with Crippen molar-refractivity contribution in [2.75, 3.05) is 7.11 Å². The lowest BCUT2D eigenvalue weighted by Gasteiger charge is -2.71. The molecule has 5 aliphatic carbocycles. The largest absolute Gasteiger partial charge is 0.469 e. The van der Waals surface area contributed by atoms with Crippen molar-refractivity contribution in [3.8, 4) is 0 Å². The zero-order chi connectivity index (χ0) is 25.8. The first-order chi connectivity index (χ1) is 16.1. The number of methoxy groups -OCH3 is 1. The van der Waals surface area contributed by atoms with E-state index in [1.165, 1.54) is 12.7 Å². The number of carbonyl (C=O) groups excluding carboxylic acids is 1. The molecular weight excluding hydrogens is 436 g/mol. The first kappa shape index (κ1) is 25.8. The van der Waals surface area contributed by atoms with E-state index in [0.29, 0.717) is 11.8 Å². The van der Waals surface area contributed by atoms with Gasteiger partial charge in [-0.3, -0.25) is 4.79 Å². The molecule has 0 aromatic carbocycles. The Hall–Kier alpha value is -0.870. The summed E-state index contributed by atoms with van der Waals surface area (Å²) in [5.74, 6) is 0.909. The molecular formula is C31H50O4. The molecule has 0 aromatic rings. The van der Waals surface area contributed by atoms with Crippen molar-refractivity contribution in [1.82, 2.24) is 0 Å². The number of aliphatic hydroxyl groups is 2. The van der Waals surface area contributed by atoms with Crippen LogP contribution in [-0.4, -0.2) is 35.0 Å². The number of esters is 1. The molecule has 198 valence electrons. The third-order valence-corrected chi connectivity index (χ3v) is 13.6. The van der Waals surface area contributed by atoms with Crippen molar-refractivity contribution in [3.63, 3.8) is 0 Å². The number of hydrogen-bond donors (Lipinski definition) is 2. The van der Waals surface area contributed by atoms with Gasteiger partial charge < -0.3 is 14.9 Å². The standard InChI is InChI=1S/C31H50O4/c1-19-11-16-31(25(33)35-8)18-17-28(5)20(24(31)30(19,7)34)9-10-22-27(4)14-13-23(32)26(2,3)21(27)12-15-29(22,28)6/h9,19,21-24,32,34H,10-18H2,1-8H3. The lowest BCUT2D eigenvalue weighted by molar-refractivity contribution is -0.218. The van der Waals surface area contributed by atoms with Crippen molar-refractivity contribution in [2.45, 2.75) is 118 Å². The van der Waals surface area contributed by atoms with Crippen LogP contribution in [0.5, 0.6) is 0 Å². The van der Waals surface area contributed by atoms with Gasteiger partial charge in [-0.2, -0.15) is 0 Å². The molecule has 0 radical (unpaired) electrons. The highest BCUT2D eigenvalue weighted by Crippen LogP contribution is 2.76. The summed E-state index contributed by atoms with van der Waals surface area (Å²) in [7, 11) is 1.52. The fourth-order valence-electron chi connectivity index (χ4n) is 11.0. The Balaban J connectivity index is 1.64. The molecule has 4 saturated carbocycles. The summed E-state index contributed by atoms with van der Waals surface area (Å²) < 4.78 is 5.44. The molecule has 4 fully saturated rings. The van der Waals surface area contributed by atoms with Crippen molar-refractivity contribution in [1.29, 1.82) is 0 Å². The van der Waals surface area contributed by atoms with Crippen LogP contribution in [0.15, 0.2) is 11.6 Å². The van der Waals surface area contributed by atoms with Crippen LogP contribution in [0.3, 0.4) is 0 Å². The average Bonchev–Trinajstić information content (AvgIpc) is 2.79. The molecule has 0 amide bonds. The fraction of sp³-hybridized carbons (Fsp3) is 0.903. The summed E-state index contributed by atoms with van der Waals surface area (Å²) in [6.45, 7) is 16.3. The predicted octanol–water partition coefficient (Wildman–Crippen LogP) is 6.29. The van der Waals surface area contributed by atoms with Gasteiger partial charge >= 0.3 is 5.97 Å². The van der Waals surface area contributed by atoms with E-state index in [2.05, 4.69) is 47.6 Å². The van der Waals surface area contributed by atoms with Gasteiger partial charge in [0, 0.05) is 5.92 Å². The van der Waals surface area contributed by atoms with E-state index in [0.717, 1.165) is 57.8 Å². The molecule has 4 heteroatoms. The normalized spacial score (nSPS) is 54.9. The van der Waals surface area contributed by atoms with E-state index < -0.39 is 11.0 Å². The van der Waals surface area contributed by atoms with Crippen LogP contribution >= 0.6 is 0 Å². The van der Waals surface area contributed by atoms with E-state index in [-0.39, 0.29) is 45.6 Å². The minimum atomic E-state index is -0.929. The molecule has 0 aliphatic heterocycles. The van der Waals surface area contributed by atoms with Gasteiger partial charge in [0.2, 0.25) is 0 Å². The van der Waals surface area contributed by atoms with Gasteiger partial charge in [-0.15, -0.1) is 0 Å². The Morgan fingerprint density at radius 3 is 2.29 bits per heavy atom. The fourth-order valence-corrected chi connectivity index (χ4v) is 11.0. The lowest BCUT2D eigenvalue weighted by atomic mass is 9.33. The maximum atomic E-state index is 13.4. The number of rotatable bonds is 1. The van der Waals surface area contributed by atoms with Crippen LogP contribution in [0, 0.1) is 50.7 Å². The zero-order valence-corrected chi connectivity index (χ0v) is 23.5. The number of allylic oxidation sites excluding steroid dienone is 1. The summed E-state index contributed by atoms with van der Waals surface area (Å²) in [4.78, 5) is 13.4. The maximum absolute atomic E-state index is 13.4. The summed E-state index contributed by atoms with van der Waals surface area (Å²) in [5, 5.41) is 23.0. The number of aliphatic hydroxyl groups excluding tert-OH is 1. The van der Waals surface area contributed by atoms with Gasteiger partial charge in [-0.05, 0) is 104 Å². The summed E-state index contributed by atoms with van der Waals surface area (Å²) in [5.41, 5.74) is 0.00144. The Morgan fingerprint density at radius 2 is 1.63 bits per heavy atom. The Labute approximate surface area is 213 Å². The quantitative estimate of drug-likeness (QED) is 0.337. The second-order valence-electron chi connectivity index (χ2n) is 14.9. The summed E-state index contributed by atoms with van der Waals surface area (Å²) in [6.07, 6.45) is 11.0. The molecule has 10 unspecified atom stereocenters. The maximum Gasteiger partial charge on any atom is 0.312 e. The number of fused-ring (bicyclic) bond motifs is 7. The van der Waals surface area contributed by atoms with Gasteiger partial charge in [-0.1, -0.05) is 53.2 Å². The molecule has 0 spiro atoms. The van der Waals surface area contributed by atoms with Gasteiger partial charge in [0.25, 0.3) is 0 Å². The van der Waals surface area contributed by atoms with Crippen LogP contribution < -0.4 is 0 Å². The van der Waals surface area contributed by atoms with Crippen molar-refractivity contribution in [2.24, 2.45) is 50.7 Å². The highest BCUT2D eigenvalue weighted by Gasteiger charge is 2.71. The first-order valence-electron chi connectivity index (χ1n) is 14.3. The molecule has 10 atom stereocenters. The molecule has 0 bridgehead atoms.